The van der Waals surface area contributed by atoms with Crippen molar-refractivity contribution in [1.82, 2.24) is 0 Å². The first kappa shape index (κ1) is 15.7. The zero-order chi connectivity index (χ0) is 10.6. The van der Waals surface area contributed by atoms with Crippen molar-refractivity contribution in [3.63, 3.8) is 0 Å². The van der Waals surface area contributed by atoms with E-state index < -0.39 is 11.6 Å². The predicted octanol–water partition coefficient (Wildman–Crippen LogP) is -2.31. The fourth-order valence-corrected chi connectivity index (χ4v) is 1.30. The number of rotatable bonds is 4. The van der Waals surface area contributed by atoms with Crippen molar-refractivity contribution >= 4 is 5.97 Å². The first-order valence-electron chi connectivity index (χ1n) is 4.52. The number of ether oxygens (including phenoxy) is 1. The third-order valence-corrected chi connectivity index (χ3v) is 2.15. The van der Waals surface area contributed by atoms with Gasteiger partial charge >= 0.3 is 68.9 Å². The maximum Gasteiger partial charge on any atom is 1.00 e. The van der Waals surface area contributed by atoms with Crippen molar-refractivity contribution in [2.75, 3.05) is 6.61 Å². The van der Waals surface area contributed by atoms with Crippen molar-refractivity contribution in [3.8, 4) is 0 Å². The Balaban J connectivity index is 0.00000196. The van der Waals surface area contributed by atoms with Gasteiger partial charge in [0.1, 0.15) is 5.60 Å². The molecule has 0 N–H and O–H groups in total. The van der Waals surface area contributed by atoms with Gasteiger partial charge in [-0.15, -0.1) is 0 Å². The number of carboxylic acids is 1. The Morgan fingerprint density at radius 1 is 1.40 bits per heavy atom. The zero-order valence-corrected chi connectivity index (χ0v) is 15.6. The average Bonchev–Trinajstić information content (AvgIpc) is 2.19. The molecule has 0 aliphatic rings. The van der Waals surface area contributed by atoms with Gasteiger partial charge < -0.3 is 14.6 Å². The normalized spacial score (nSPS) is 13.7. The van der Waals surface area contributed by atoms with E-state index >= 15 is 0 Å². The predicted molar refractivity (Wildman–Crippen MR) is 50.4 cm³/mol. The van der Waals surface area contributed by atoms with Crippen LogP contribution in [0.15, 0.2) is 30.3 Å². The number of carbonyl (C=O) groups excluding carboxylic acids is 1. The second kappa shape index (κ2) is 7.11. The summed E-state index contributed by atoms with van der Waals surface area (Å²) in [7, 11) is 0. The molecule has 0 fully saturated rings. The Morgan fingerprint density at radius 2 is 1.93 bits per heavy atom. The smallest absolute Gasteiger partial charge is 0.547 e. The molecule has 1 rings (SSSR count). The molecule has 0 saturated heterocycles. The van der Waals surface area contributed by atoms with E-state index in [1.807, 2.05) is 6.07 Å². The molecule has 0 radical (unpaired) electrons. The van der Waals surface area contributed by atoms with E-state index in [1.54, 1.807) is 31.2 Å². The minimum atomic E-state index is -1.35. The van der Waals surface area contributed by atoms with E-state index in [9.17, 15) is 9.90 Å². The topological polar surface area (TPSA) is 49.4 Å². The van der Waals surface area contributed by atoms with Crippen LogP contribution in [0.3, 0.4) is 0 Å². The molecule has 15 heavy (non-hydrogen) atoms. The molecule has 0 bridgehead atoms. The summed E-state index contributed by atoms with van der Waals surface area (Å²) in [6.45, 7) is 3.59. The van der Waals surface area contributed by atoms with Gasteiger partial charge in [0.05, 0.1) is 5.97 Å². The van der Waals surface area contributed by atoms with Gasteiger partial charge in [-0.3, -0.25) is 0 Å². The number of carbonyl (C=O) groups is 1. The van der Waals surface area contributed by atoms with Crippen molar-refractivity contribution in [1.29, 1.82) is 0 Å². The van der Waals surface area contributed by atoms with Crippen LogP contribution in [-0.2, 0) is 15.1 Å². The van der Waals surface area contributed by atoms with Crippen LogP contribution in [0.25, 0.3) is 0 Å². The van der Waals surface area contributed by atoms with E-state index in [0.717, 1.165) is 0 Å². The van der Waals surface area contributed by atoms with Crippen molar-refractivity contribution in [3.05, 3.63) is 35.9 Å². The molecule has 0 spiro atoms. The van der Waals surface area contributed by atoms with Gasteiger partial charge in [-0.25, -0.2) is 0 Å². The standard InChI is InChI=1S/C11H14O3.Cs/c1-3-14-11(2,10(12)13)9-7-5-4-6-8-9;/h4-8H,3H2,1-2H3,(H,12,13);/q;+1/p-1. The quantitative estimate of drug-likeness (QED) is 0.625. The van der Waals surface area contributed by atoms with Gasteiger partial charge in [0.15, 0.2) is 0 Å². The minimum Gasteiger partial charge on any atom is -0.547 e. The number of hydrogen-bond acceptors (Lipinski definition) is 3. The molecule has 1 unspecified atom stereocenters. The van der Waals surface area contributed by atoms with Gasteiger partial charge in [0.25, 0.3) is 0 Å². The number of aliphatic carboxylic acids is 1. The van der Waals surface area contributed by atoms with Crippen LogP contribution in [-0.4, -0.2) is 12.6 Å². The Bertz CT molecular complexity index is 313. The van der Waals surface area contributed by atoms with Gasteiger partial charge in [-0.2, -0.15) is 0 Å². The van der Waals surface area contributed by atoms with Crippen LogP contribution < -0.4 is 74.0 Å². The summed E-state index contributed by atoms with van der Waals surface area (Å²) in [6, 6.07) is 8.80. The number of hydrogen-bond donors (Lipinski definition) is 0. The third-order valence-electron chi connectivity index (χ3n) is 2.15. The largest absolute Gasteiger partial charge is 1.00 e. The van der Waals surface area contributed by atoms with Crippen LogP contribution in [0.4, 0.5) is 0 Å². The van der Waals surface area contributed by atoms with Crippen molar-refractivity contribution in [2.45, 2.75) is 19.4 Å². The van der Waals surface area contributed by atoms with Gasteiger partial charge in [-0.05, 0) is 19.4 Å². The second-order valence-corrected chi connectivity index (χ2v) is 3.12. The van der Waals surface area contributed by atoms with Gasteiger partial charge in [0.2, 0.25) is 0 Å². The molecule has 3 nitrogen and oxygen atoms in total. The molecule has 76 valence electrons. The monoisotopic (exact) mass is 326 g/mol. The molecule has 1 atom stereocenters. The third kappa shape index (κ3) is 3.89. The van der Waals surface area contributed by atoms with Crippen molar-refractivity contribution < 1.29 is 83.5 Å². The van der Waals surface area contributed by atoms with Crippen LogP contribution in [0, 0.1) is 0 Å². The van der Waals surface area contributed by atoms with Crippen LogP contribution in [0.1, 0.15) is 19.4 Å². The number of carboxylic acid groups (broad SMARTS) is 1. The summed E-state index contributed by atoms with van der Waals surface area (Å²) in [5.74, 6) is -1.22. The Labute approximate surface area is 149 Å². The summed E-state index contributed by atoms with van der Waals surface area (Å²) in [4.78, 5) is 11.0. The van der Waals surface area contributed by atoms with Crippen LogP contribution >= 0.6 is 0 Å². The van der Waals surface area contributed by atoms with E-state index in [-0.39, 0.29) is 68.9 Å². The SMILES string of the molecule is CCOC(C)(C(=O)[O-])c1ccccc1.[Cs+]. The van der Waals surface area contributed by atoms with Crippen molar-refractivity contribution in [2.24, 2.45) is 0 Å². The summed E-state index contributed by atoms with van der Waals surface area (Å²) < 4.78 is 5.21. The molecule has 0 aliphatic heterocycles. The maximum atomic E-state index is 11.0. The zero-order valence-electron chi connectivity index (χ0n) is 9.32. The Morgan fingerprint density at radius 3 is 2.33 bits per heavy atom. The summed E-state index contributed by atoms with van der Waals surface area (Å²) in [5, 5.41) is 11.0. The minimum absolute atomic E-state index is 0. The molecule has 1 aromatic carbocycles. The van der Waals surface area contributed by atoms with Gasteiger partial charge in [0, 0.05) is 6.61 Å². The molecular weight excluding hydrogens is 313 g/mol. The molecular formula is C11H13CsO3. The molecule has 1 aromatic rings. The summed E-state index contributed by atoms with van der Waals surface area (Å²) >= 11 is 0. The summed E-state index contributed by atoms with van der Waals surface area (Å²) in [6.07, 6.45) is 0. The molecule has 0 saturated carbocycles. The van der Waals surface area contributed by atoms with Crippen LogP contribution in [0.5, 0.6) is 0 Å². The first-order chi connectivity index (χ1) is 6.61. The molecule has 0 amide bonds. The van der Waals surface area contributed by atoms with E-state index in [1.165, 1.54) is 6.92 Å². The Hall–Kier alpha value is 0.702. The Kier molecular flexibility index (Phi) is 7.44. The molecule has 0 heterocycles. The van der Waals surface area contributed by atoms with E-state index in [4.69, 9.17) is 4.74 Å². The van der Waals surface area contributed by atoms with E-state index in [2.05, 4.69) is 0 Å². The van der Waals surface area contributed by atoms with Gasteiger partial charge in [-0.1, -0.05) is 30.3 Å². The average molecular weight is 326 g/mol. The van der Waals surface area contributed by atoms with E-state index in [0.29, 0.717) is 12.2 Å². The maximum absolute atomic E-state index is 11.0. The molecule has 0 aromatic heterocycles. The first-order valence-corrected chi connectivity index (χ1v) is 4.52. The molecule has 0 aliphatic carbocycles. The summed E-state index contributed by atoms with van der Waals surface area (Å²) in [5.41, 5.74) is -0.752. The second-order valence-electron chi connectivity index (χ2n) is 3.12. The molecule has 4 heteroatoms. The fourth-order valence-electron chi connectivity index (χ4n) is 1.30. The number of benzene rings is 1. The fraction of sp³-hybridized carbons (Fsp3) is 0.364. The van der Waals surface area contributed by atoms with Crippen LogP contribution in [0.2, 0.25) is 0 Å².